The highest BCUT2D eigenvalue weighted by Crippen LogP contribution is 2.21. The molecule has 0 heterocycles. The summed E-state index contributed by atoms with van der Waals surface area (Å²) in [6.45, 7) is 8.53. The van der Waals surface area contributed by atoms with Gasteiger partial charge in [-0.25, -0.2) is 0 Å². The lowest BCUT2D eigenvalue weighted by Crippen LogP contribution is -2.32. The van der Waals surface area contributed by atoms with E-state index in [1.54, 1.807) is 0 Å². The first-order valence-electron chi connectivity index (χ1n) is 7.71. The van der Waals surface area contributed by atoms with Crippen LogP contribution in [-0.2, 0) is 0 Å². The van der Waals surface area contributed by atoms with Gasteiger partial charge in [0.2, 0.25) is 0 Å². The number of benzene rings is 2. The van der Waals surface area contributed by atoms with Gasteiger partial charge in [-0.05, 0) is 73.8 Å². The summed E-state index contributed by atoms with van der Waals surface area (Å²) in [5.41, 5.74) is 6.17. The van der Waals surface area contributed by atoms with E-state index in [1.807, 2.05) is 0 Å². The third kappa shape index (κ3) is 4.08. The summed E-state index contributed by atoms with van der Waals surface area (Å²) in [5.74, 6) is 0. The Labute approximate surface area is 139 Å². The molecule has 0 unspecified atom stereocenters. The third-order valence-electron chi connectivity index (χ3n) is 4.04. The number of anilines is 1. The normalized spacial score (nSPS) is 11.8. The smallest absolute Gasteiger partial charge is 0.171 e. The molecule has 2 N–H and O–H groups in total. The number of hydrogen-bond acceptors (Lipinski definition) is 1. The average Bonchev–Trinajstić information content (AvgIpc) is 2.49. The predicted molar refractivity (Wildman–Crippen MR) is 99.5 cm³/mol. The van der Waals surface area contributed by atoms with Crippen molar-refractivity contribution in [2.24, 2.45) is 0 Å². The maximum Gasteiger partial charge on any atom is 0.171 e. The van der Waals surface area contributed by atoms with Crippen LogP contribution in [0.25, 0.3) is 0 Å². The molecule has 0 aliphatic rings. The van der Waals surface area contributed by atoms with E-state index in [0.717, 1.165) is 12.1 Å². The van der Waals surface area contributed by atoms with Gasteiger partial charge >= 0.3 is 0 Å². The van der Waals surface area contributed by atoms with Gasteiger partial charge < -0.3 is 10.6 Å². The fourth-order valence-electron chi connectivity index (χ4n) is 2.52. The monoisotopic (exact) mass is 312 g/mol. The standard InChI is InChI=1S/C19H24N2S/c1-5-18(17-9-7-6-8-14(17)3)21-19(22)20-16-11-10-13(2)15(4)12-16/h6-12,18H,5H2,1-4H3,(H2,20,21,22)/t18-/m1/s1. The van der Waals surface area contributed by atoms with Crippen molar-refractivity contribution >= 4 is 23.0 Å². The summed E-state index contributed by atoms with van der Waals surface area (Å²) in [5, 5.41) is 7.38. The molecule has 22 heavy (non-hydrogen) atoms. The Morgan fingerprint density at radius 1 is 1.00 bits per heavy atom. The molecule has 0 amide bonds. The van der Waals surface area contributed by atoms with Crippen molar-refractivity contribution in [2.75, 3.05) is 5.32 Å². The van der Waals surface area contributed by atoms with Crippen LogP contribution in [-0.4, -0.2) is 5.11 Å². The minimum atomic E-state index is 0.229. The molecule has 0 spiro atoms. The molecule has 2 aromatic carbocycles. The molecule has 0 bridgehead atoms. The van der Waals surface area contributed by atoms with E-state index in [4.69, 9.17) is 12.2 Å². The second kappa shape index (κ2) is 7.41. The van der Waals surface area contributed by atoms with Gasteiger partial charge in [0.05, 0.1) is 6.04 Å². The zero-order valence-electron chi connectivity index (χ0n) is 13.7. The molecule has 2 nitrogen and oxygen atoms in total. The zero-order valence-corrected chi connectivity index (χ0v) is 14.6. The molecule has 0 saturated carbocycles. The summed E-state index contributed by atoms with van der Waals surface area (Å²) < 4.78 is 0. The molecule has 1 atom stereocenters. The van der Waals surface area contributed by atoms with Gasteiger partial charge in [-0.15, -0.1) is 0 Å². The number of aryl methyl sites for hydroxylation is 3. The predicted octanol–water partition coefficient (Wildman–Crippen LogP) is 5.05. The number of thiocarbonyl (C=S) groups is 1. The van der Waals surface area contributed by atoms with Crippen molar-refractivity contribution in [3.8, 4) is 0 Å². The number of hydrogen-bond donors (Lipinski definition) is 2. The molecule has 3 heteroatoms. The van der Waals surface area contributed by atoms with Gasteiger partial charge in [0, 0.05) is 5.69 Å². The topological polar surface area (TPSA) is 24.1 Å². The van der Waals surface area contributed by atoms with Crippen LogP contribution in [0.4, 0.5) is 5.69 Å². The molecule has 2 rings (SSSR count). The van der Waals surface area contributed by atoms with E-state index >= 15 is 0 Å². The van der Waals surface area contributed by atoms with E-state index < -0.39 is 0 Å². The molecule has 0 aliphatic carbocycles. The van der Waals surface area contributed by atoms with Gasteiger partial charge in [-0.2, -0.15) is 0 Å². The van der Waals surface area contributed by atoms with Gasteiger partial charge in [0.15, 0.2) is 5.11 Å². The molecule has 0 fully saturated rings. The van der Waals surface area contributed by atoms with Crippen LogP contribution in [0, 0.1) is 20.8 Å². The molecular weight excluding hydrogens is 288 g/mol. The molecule has 0 radical (unpaired) electrons. The molecule has 2 aromatic rings. The number of nitrogens with one attached hydrogen (secondary N) is 2. The Balaban J connectivity index is 2.06. The van der Waals surface area contributed by atoms with Crippen LogP contribution < -0.4 is 10.6 Å². The Kier molecular flexibility index (Phi) is 5.56. The molecule has 0 aromatic heterocycles. The highest BCUT2D eigenvalue weighted by atomic mass is 32.1. The largest absolute Gasteiger partial charge is 0.356 e. The second-order valence-electron chi connectivity index (χ2n) is 5.71. The molecular formula is C19H24N2S. The summed E-state index contributed by atoms with van der Waals surface area (Å²) in [6.07, 6.45) is 0.986. The van der Waals surface area contributed by atoms with E-state index in [-0.39, 0.29) is 6.04 Å². The first kappa shape index (κ1) is 16.5. The highest BCUT2D eigenvalue weighted by molar-refractivity contribution is 7.80. The quantitative estimate of drug-likeness (QED) is 0.773. The van der Waals surface area contributed by atoms with Crippen LogP contribution >= 0.6 is 12.2 Å². The third-order valence-corrected chi connectivity index (χ3v) is 4.26. The minimum Gasteiger partial charge on any atom is -0.356 e. The molecule has 116 valence electrons. The van der Waals surface area contributed by atoms with Crippen molar-refractivity contribution in [2.45, 2.75) is 40.2 Å². The van der Waals surface area contributed by atoms with Crippen LogP contribution in [0.5, 0.6) is 0 Å². The Bertz CT molecular complexity index is 664. The van der Waals surface area contributed by atoms with Crippen molar-refractivity contribution in [3.05, 3.63) is 64.7 Å². The van der Waals surface area contributed by atoms with E-state index in [9.17, 15) is 0 Å². The fraction of sp³-hybridized carbons (Fsp3) is 0.316. The van der Waals surface area contributed by atoms with E-state index in [2.05, 4.69) is 80.8 Å². The van der Waals surface area contributed by atoms with Crippen LogP contribution in [0.1, 0.15) is 41.6 Å². The van der Waals surface area contributed by atoms with E-state index in [1.165, 1.54) is 22.3 Å². The first-order valence-corrected chi connectivity index (χ1v) is 8.12. The average molecular weight is 312 g/mol. The van der Waals surface area contributed by atoms with Crippen molar-refractivity contribution in [1.29, 1.82) is 0 Å². The van der Waals surface area contributed by atoms with Crippen LogP contribution in [0.15, 0.2) is 42.5 Å². The van der Waals surface area contributed by atoms with Gasteiger partial charge in [-0.1, -0.05) is 37.3 Å². The Morgan fingerprint density at radius 2 is 1.73 bits per heavy atom. The van der Waals surface area contributed by atoms with E-state index in [0.29, 0.717) is 5.11 Å². The van der Waals surface area contributed by atoms with Crippen molar-refractivity contribution in [1.82, 2.24) is 5.32 Å². The van der Waals surface area contributed by atoms with Crippen LogP contribution in [0.3, 0.4) is 0 Å². The van der Waals surface area contributed by atoms with Gasteiger partial charge in [-0.3, -0.25) is 0 Å². The lowest BCUT2D eigenvalue weighted by molar-refractivity contribution is 0.625. The lowest BCUT2D eigenvalue weighted by Gasteiger charge is -2.22. The molecule has 0 saturated heterocycles. The maximum atomic E-state index is 5.48. The van der Waals surface area contributed by atoms with Crippen molar-refractivity contribution in [3.63, 3.8) is 0 Å². The van der Waals surface area contributed by atoms with Gasteiger partial charge in [0.25, 0.3) is 0 Å². The summed E-state index contributed by atoms with van der Waals surface area (Å²) in [7, 11) is 0. The molecule has 0 aliphatic heterocycles. The summed E-state index contributed by atoms with van der Waals surface area (Å²) in [6, 6.07) is 15.0. The Morgan fingerprint density at radius 3 is 2.36 bits per heavy atom. The van der Waals surface area contributed by atoms with Crippen LogP contribution in [0.2, 0.25) is 0 Å². The summed E-state index contributed by atoms with van der Waals surface area (Å²) >= 11 is 5.48. The first-order chi connectivity index (χ1) is 10.5. The maximum absolute atomic E-state index is 5.48. The second-order valence-corrected chi connectivity index (χ2v) is 6.12. The fourth-order valence-corrected chi connectivity index (χ4v) is 2.78. The van der Waals surface area contributed by atoms with Gasteiger partial charge in [0.1, 0.15) is 0 Å². The minimum absolute atomic E-state index is 0.229. The van der Waals surface area contributed by atoms with Crippen molar-refractivity contribution < 1.29 is 0 Å². The SMILES string of the molecule is CC[C@@H](NC(=S)Nc1ccc(C)c(C)c1)c1ccccc1C. The zero-order chi connectivity index (χ0) is 16.1. The number of rotatable bonds is 4. The Hall–Kier alpha value is -1.87. The highest BCUT2D eigenvalue weighted by Gasteiger charge is 2.12. The summed E-state index contributed by atoms with van der Waals surface area (Å²) in [4.78, 5) is 0. The lowest BCUT2D eigenvalue weighted by atomic mass is 10.00.